The van der Waals surface area contributed by atoms with Crippen molar-refractivity contribution >= 4 is 6.21 Å². The number of nitrogens with zero attached hydrogens (tertiary/aromatic N) is 3. The predicted molar refractivity (Wildman–Crippen MR) is 52.1 cm³/mol. The van der Waals surface area contributed by atoms with Crippen LogP contribution in [-0.2, 0) is 6.42 Å². The average Bonchev–Trinajstić information content (AvgIpc) is 2.23. The van der Waals surface area contributed by atoms with Crippen molar-refractivity contribution in [2.75, 3.05) is 0 Å². The van der Waals surface area contributed by atoms with Gasteiger partial charge in [0.1, 0.15) is 5.69 Å². The Bertz CT molecular complexity index is 244. The largest absolute Gasteiger partial charge is 0.411 e. The van der Waals surface area contributed by atoms with Crippen molar-refractivity contribution in [3.63, 3.8) is 0 Å². The minimum absolute atomic E-state index is 0.560. The third-order valence-corrected chi connectivity index (χ3v) is 1.29. The van der Waals surface area contributed by atoms with Crippen molar-refractivity contribution in [3.05, 3.63) is 23.5 Å². The summed E-state index contributed by atoms with van der Waals surface area (Å²) < 4.78 is 0. The van der Waals surface area contributed by atoms with Crippen LogP contribution in [0.1, 0.15) is 32.2 Å². The van der Waals surface area contributed by atoms with Crippen LogP contribution in [0.15, 0.2) is 17.3 Å². The highest BCUT2D eigenvalue weighted by Crippen LogP contribution is 1.94. The normalized spacial score (nSPS) is 9.46. The Morgan fingerprint density at radius 1 is 1.38 bits per heavy atom. The summed E-state index contributed by atoms with van der Waals surface area (Å²) in [6, 6.07) is 3.61. The zero-order valence-electron chi connectivity index (χ0n) is 8.23. The zero-order valence-corrected chi connectivity index (χ0v) is 8.23. The molecular formula is C9H15N3O. The molecule has 0 aliphatic carbocycles. The fourth-order valence-corrected chi connectivity index (χ4v) is 0.687. The van der Waals surface area contributed by atoms with Gasteiger partial charge >= 0.3 is 0 Å². The van der Waals surface area contributed by atoms with Gasteiger partial charge < -0.3 is 5.21 Å². The third kappa shape index (κ3) is 4.20. The van der Waals surface area contributed by atoms with Crippen molar-refractivity contribution in [1.82, 2.24) is 10.2 Å². The number of rotatable bonds is 2. The van der Waals surface area contributed by atoms with Crippen molar-refractivity contribution in [2.24, 2.45) is 5.16 Å². The molecule has 0 saturated carbocycles. The molecule has 0 aliphatic heterocycles. The molecule has 0 radical (unpaired) electrons. The summed E-state index contributed by atoms with van der Waals surface area (Å²) >= 11 is 0. The quantitative estimate of drug-likeness (QED) is 0.430. The second-order valence-electron chi connectivity index (χ2n) is 2.05. The molecule has 1 N–H and O–H groups in total. The Balaban J connectivity index is 0.000000671. The maximum Gasteiger partial charge on any atom is 0.107 e. The lowest BCUT2D eigenvalue weighted by Crippen LogP contribution is -1.94. The Kier molecular flexibility index (Phi) is 6.41. The molecule has 72 valence electrons. The summed E-state index contributed by atoms with van der Waals surface area (Å²) in [7, 11) is 0. The lowest BCUT2D eigenvalue weighted by molar-refractivity contribution is 0.321. The summed E-state index contributed by atoms with van der Waals surface area (Å²) in [4.78, 5) is 0. The summed E-state index contributed by atoms with van der Waals surface area (Å²) in [5, 5.41) is 18.6. The lowest BCUT2D eigenvalue weighted by atomic mass is 10.3. The van der Waals surface area contributed by atoms with Crippen LogP contribution in [0.5, 0.6) is 0 Å². The van der Waals surface area contributed by atoms with Gasteiger partial charge in [0.15, 0.2) is 0 Å². The maximum atomic E-state index is 8.15. The monoisotopic (exact) mass is 181 g/mol. The molecule has 1 aromatic heterocycles. The fraction of sp³-hybridized carbons (Fsp3) is 0.444. The molecule has 0 unspecified atom stereocenters. The molecule has 4 nitrogen and oxygen atoms in total. The molecule has 0 fully saturated rings. The first-order valence-electron chi connectivity index (χ1n) is 4.37. The molecule has 0 aromatic carbocycles. The van der Waals surface area contributed by atoms with E-state index in [9.17, 15) is 0 Å². The molecule has 4 heteroatoms. The molecule has 0 aliphatic rings. The first-order valence-corrected chi connectivity index (χ1v) is 4.37. The van der Waals surface area contributed by atoms with Gasteiger partial charge in [-0.1, -0.05) is 25.9 Å². The van der Waals surface area contributed by atoms with Crippen LogP contribution < -0.4 is 0 Å². The van der Waals surface area contributed by atoms with Gasteiger partial charge in [0.25, 0.3) is 0 Å². The minimum Gasteiger partial charge on any atom is -0.411 e. The Labute approximate surface area is 78.3 Å². The maximum absolute atomic E-state index is 8.15. The van der Waals surface area contributed by atoms with E-state index >= 15 is 0 Å². The molecule has 0 spiro atoms. The van der Waals surface area contributed by atoms with Crippen LogP contribution in [0, 0.1) is 0 Å². The van der Waals surface area contributed by atoms with E-state index < -0.39 is 0 Å². The SMILES string of the molecule is CC.CCc1ccc(/C=N/O)nn1. The summed E-state index contributed by atoms with van der Waals surface area (Å²) in [6.07, 6.45) is 2.11. The molecular weight excluding hydrogens is 166 g/mol. The van der Waals surface area contributed by atoms with Crippen molar-refractivity contribution < 1.29 is 5.21 Å². The topological polar surface area (TPSA) is 58.4 Å². The molecule has 0 atom stereocenters. The van der Waals surface area contributed by atoms with Gasteiger partial charge in [-0.15, -0.1) is 5.10 Å². The summed E-state index contributed by atoms with van der Waals surface area (Å²) in [5.74, 6) is 0. The Morgan fingerprint density at radius 2 is 2.08 bits per heavy atom. The second-order valence-corrected chi connectivity index (χ2v) is 2.05. The minimum atomic E-state index is 0.560. The first-order chi connectivity index (χ1) is 6.36. The lowest BCUT2D eigenvalue weighted by Gasteiger charge is -1.92. The van der Waals surface area contributed by atoms with E-state index in [1.54, 1.807) is 6.07 Å². The van der Waals surface area contributed by atoms with Crippen molar-refractivity contribution in [1.29, 1.82) is 0 Å². The number of aromatic nitrogens is 2. The van der Waals surface area contributed by atoms with E-state index in [2.05, 4.69) is 15.4 Å². The van der Waals surface area contributed by atoms with E-state index in [0.29, 0.717) is 5.69 Å². The Hall–Kier alpha value is -1.45. The fourth-order valence-electron chi connectivity index (χ4n) is 0.687. The van der Waals surface area contributed by atoms with E-state index in [1.807, 2.05) is 26.8 Å². The molecule has 1 rings (SSSR count). The highest BCUT2D eigenvalue weighted by Gasteiger charge is 1.91. The summed E-state index contributed by atoms with van der Waals surface area (Å²) in [6.45, 7) is 6.00. The van der Waals surface area contributed by atoms with Gasteiger partial charge in [-0.2, -0.15) is 5.10 Å². The first kappa shape index (κ1) is 11.6. The molecule has 0 amide bonds. The van der Waals surface area contributed by atoms with Crippen LogP contribution in [0.4, 0.5) is 0 Å². The van der Waals surface area contributed by atoms with Crippen LogP contribution in [-0.4, -0.2) is 21.6 Å². The number of aryl methyl sites for hydroxylation is 1. The van der Waals surface area contributed by atoms with E-state index in [0.717, 1.165) is 12.1 Å². The van der Waals surface area contributed by atoms with Gasteiger partial charge in [0.2, 0.25) is 0 Å². The molecule has 1 aromatic rings. The smallest absolute Gasteiger partial charge is 0.107 e. The van der Waals surface area contributed by atoms with Crippen LogP contribution >= 0.6 is 0 Å². The number of hydrogen-bond donors (Lipinski definition) is 1. The second kappa shape index (κ2) is 7.21. The van der Waals surface area contributed by atoms with Gasteiger partial charge in [-0.25, -0.2) is 0 Å². The number of hydrogen-bond acceptors (Lipinski definition) is 4. The van der Waals surface area contributed by atoms with Gasteiger partial charge in [-0.05, 0) is 18.6 Å². The summed E-state index contributed by atoms with van der Waals surface area (Å²) in [5.41, 5.74) is 1.49. The van der Waals surface area contributed by atoms with E-state index in [4.69, 9.17) is 5.21 Å². The van der Waals surface area contributed by atoms with Gasteiger partial charge in [-0.3, -0.25) is 0 Å². The van der Waals surface area contributed by atoms with Crippen LogP contribution in [0.2, 0.25) is 0 Å². The average molecular weight is 181 g/mol. The molecule has 13 heavy (non-hydrogen) atoms. The highest BCUT2D eigenvalue weighted by molar-refractivity contribution is 5.75. The zero-order chi connectivity index (χ0) is 10.1. The standard InChI is InChI=1S/C7H9N3O.C2H6/c1-2-6-3-4-7(5-8-11)10-9-6;1-2/h3-5,11H,2H2,1H3;1-2H3/b8-5+;. The number of oxime groups is 1. The molecule has 1 heterocycles. The van der Waals surface area contributed by atoms with Crippen LogP contribution in [0.25, 0.3) is 0 Å². The van der Waals surface area contributed by atoms with Crippen molar-refractivity contribution in [3.8, 4) is 0 Å². The van der Waals surface area contributed by atoms with Crippen molar-refractivity contribution in [2.45, 2.75) is 27.2 Å². The molecule has 0 bridgehead atoms. The van der Waals surface area contributed by atoms with Crippen LogP contribution in [0.3, 0.4) is 0 Å². The predicted octanol–water partition coefficient (Wildman–Crippen LogP) is 1.87. The highest BCUT2D eigenvalue weighted by atomic mass is 16.4. The van der Waals surface area contributed by atoms with E-state index in [1.165, 1.54) is 6.21 Å². The molecule has 0 saturated heterocycles. The third-order valence-electron chi connectivity index (χ3n) is 1.29. The van der Waals surface area contributed by atoms with Gasteiger partial charge in [0, 0.05) is 0 Å². The Morgan fingerprint density at radius 3 is 2.46 bits per heavy atom. The van der Waals surface area contributed by atoms with E-state index in [-0.39, 0.29) is 0 Å². The van der Waals surface area contributed by atoms with Gasteiger partial charge in [0.05, 0.1) is 11.9 Å².